The Balaban J connectivity index is 1.51. The van der Waals surface area contributed by atoms with Crippen LogP contribution in [0.15, 0.2) is 64.6 Å². The Bertz CT molecular complexity index is 1400. The minimum absolute atomic E-state index is 0.0107. The molecule has 180 valence electrons. The molecule has 0 aliphatic heterocycles. The van der Waals surface area contributed by atoms with Crippen molar-refractivity contribution in [3.63, 3.8) is 0 Å². The lowest BCUT2D eigenvalue weighted by Crippen LogP contribution is -2.42. The van der Waals surface area contributed by atoms with Crippen LogP contribution in [0.5, 0.6) is 5.75 Å². The molecule has 0 aliphatic carbocycles. The Morgan fingerprint density at radius 3 is 2.51 bits per heavy atom. The van der Waals surface area contributed by atoms with Crippen LogP contribution in [0.1, 0.15) is 26.3 Å². The molecule has 0 fully saturated rings. The number of pyridine rings is 2. The van der Waals surface area contributed by atoms with Crippen molar-refractivity contribution >= 4 is 33.9 Å². The number of anilines is 3. The molecule has 0 saturated heterocycles. The van der Waals surface area contributed by atoms with E-state index in [1.54, 1.807) is 39.4 Å². The van der Waals surface area contributed by atoms with Crippen molar-refractivity contribution in [2.24, 2.45) is 0 Å². The molecule has 9 nitrogen and oxygen atoms in total. The number of ether oxygens (including phenoxy) is 2. The average Bonchev–Trinajstić information content (AvgIpc) is 2.86. The number of rotatable bonds is 10. The zero-order valence-electron chi connectivity index (χ0n) is 19.7. The van der Waals surface area contributed by atoms with Crippen LogP contribution >= 0.6 is 0 Å². The number of fused-ring (bicyclic) bond motifs is 1. The van der Waals surface area contributed by atoms with Crippen LogP contribution in [0, 0.1) is 0 Å². The van der Waals surface area contributed by atoms with Gasteiger partial charge in [-0.3, -0.25) is 14.6 Å². The monoisotopic (exact) mass is 474 g/mol. The molecule has 1 atom stereocenters. The van der Waals surface area contributed by atoms with Gasteiger partial charge in [-0.1, -0.05) is 12.1 Å². The SMILES string of the molecule is CCOC(=O)C(Cc1ccc(Nc2nccc3cnccc23)cc1)Nc1c(OC(C)C)c(=O)c1=O. The lowest BCUT2D eigenvalue weighted by atomic mass is 10.0. The molecule has 4 rings (SSSR count). The van der Waals surface area contributed by atoms with Crippen molar-refractivity contribution in [3.8, 4) is 5.75 Å². The molecule has 0 spiro atoms. The van der Waals surface area contributed by atoms with Gasteiger partial charge in [-0.15, -0.1) is 0 Å². The van der Waals surface area contributed by atoms with Crippen molar-refractivity contribution in [2.75, 3.05) is 17.2 Å². The predicted molar refractivity (Wildman–Crippen MR) is 134 cm³/mol. The van der Waals surface area contributed by atoms with E-state index in [2.05, 4.69) is 20.6 Å². The van der Waals surface area contributed by atoms with E-state index in [0.717, 1.165) is 22.0 Å². The van der Waals surface area contributed by atoms with Crippen molar-refractivity contribution in [3.05, 3.63) is 81.0 Å². The lowest BCUT2D eigenvalue weighted by Gasteiger charge is -2.22. The van der Waals surface area contributed by atoms with E-state index in [-0.39, 0.29) is 30.6 Å². The lowest BCUT2D eigenvalue weighted by molar-refractivity contribution is -0.144. The van der Waals surface area contributed by atoms with E-state index in [1.165, 1.54) is 0 Å². The molecule has 35 heavy (non-hydrogen) atoms. The highest BCUT2D eigenvalue weighted by molar-refractivity contribution is 5.92. The van der Waals surface area contributed by atoms with Crippen molar-refractivity contribution in [1.82, 2.24) is 9.97 Å². The van der Waals surface area contributed by atoms with Crippen LogP contribution in [0.25, 0.3) is 10.8 Å². The summed E-state index contributed by atoms with van der Waals surface area (Å²) in [7, 11) is 0. The maximum atomic E-state index is 12.6. The third-order valence-corrected chi connectivity index (χ3v) is 5.33. The smallest absolute Gasteiger partial charge is 0.328 e. The number of esters is 1. The van der Waals surface area contributed by atoms with Crippen LogP contribution in [0.4, 0.5) is 17.2 Å². The fraction of sp³-hybridized carbons (Fsp3) is 0.269. The zero-order valence-corrected chi connectivity index (χ0v) is 19.7. The second-order valence-electron chi connectivity index (χ2n) is 8.26. The highest BCUT2D eigenvalue weighted by Crippen LogP contribution is 2.25. The summed E-state index contributed by atoms with van der Waals surface area (Å²) in [5.41, 5.74) is 0.267. The van der Waals surface area contributed by atoms with Gasteiger partial charge in [0.25, 0.3) is 10.9 Å². The molecule has 0 amide bonds. The van der Waals surface area contributed by atoms with E-state index in [4.69, 9.17) is 9.47 Å². The first-order valence-corrected chi connectivity index (χ1v) is 11.3. The number of hydrogen-bond acceptors (Lipinski definition) is 9. The van der Waals surface area contributed by atoms with Gasteiger partial charge in [0.15, 0.2) is 5.75 Å². The Kier molecular flexibility index (Phi) is 7.05. The average molecular weight is 475 g/mol. The largest absolute Gasteiger partial charge is 0.485 e. The Morgan fingerprint density at radius 2 is 1.80 bits per heavy atom. The number of nitrogens with zero attached hydrogens (tertiary/aromatic N) is 2. The topological polar surface area (TPSA) is 120 Å². The number of carbonyl (C=O) groups excluding carboxylic acids is 1. The second-order valence-corrected chi connectivity index (χ2v) is 8.26. The van der Waals surface area contributed by atoms with Crippen LogP contribution in [0.3, 0.4) is 0 Å². The third-order valence-electron chi connectivity index (χ3n) is 5.33. The molecule has 0 aliphatic rings. The summed E-state index contributed by atoms with van der Waals surface area (Å²) in [6, 6.07) is 10.4. The molecular weight excluding hydrogens is 448 g/mol. The standard InChI is InChI=1S/C26H26N4O5/c1-4-34-26(33)20(30-21-22(31)23(32)24(21)35-15(2)3)13-16-5-7-18(8-6-16)29-25-19-10-11-27-14-17(19)9-12-28-25/h5-12,14-15,20,30H,4,13H2,1-3H3,(H,28,29). The minimum atomic E-state index is -0.862. The molecule has 2 N–H and O–H groups in total. The molecule has 0 bridgehead atoms. The summed E-state index contributed by atoms with van der Waals surface area (Å²) >= 11 is 0. The van der Waals surface area contributed by atoms with Crippen LogP contribution in [-0.2, 0) is 16.0 Å². The van der Waals surface area contributed by atoms with E-state index < -0.39 is 22.9 Å². The summed E-state index contributed by atoms with van der Waals surface area (Å²) in [4.78, 5) is 45.2. The fourth-order valence-electron chi connectivity index (χ4n) is 3.67. The van der Waals surface area contributed by atoms with Crippen LogP contribution in [0.2, 0.25) is 0 Å². The summed E-state index contributed by atoms with van der Waals surface area (Å²) in [5, 5.41) is 8.10. The Morgan fingerprint density at radius 1 is 1.03 bits per heavy atom. The number of carbonyl (C=O) groups is 1. The van der Waals surface area contributed by atoms with Gasteiger partial charge in [-0.2, -0.15) is 0 Å². The predicted octanol–water partition coefficient (Wildman–Crippen LogP) is 3.34. The zero-order chi connectivity index (χ0) is 24.9. The van der Waals surface area contributed by atoms with Gasteiger partial charge in [0, 0.05) is 41.5 Å². The first kappa shape index (κ1) is 23.9. The maximum Gasteiger partial charge on any atom is 0.328 e. The van der Waals surface area contributed by atoms with Crippen LogP contribution in [-0.4, -0.2) is 34.7 Å². The highest BCUT2D eigenvalue weighted by Gasteiger charge is 2.29. The number of benzene rings is 1. The first-order chi connectivity index (χ1) is 16.9. The van der Waals surface area contributed by atoms with E-state index in [9.17, 15) is 14.4 Å². The maximum absolute atomic E-state index is 12.6. The summed E-state index contributed by atoms with van der Waals surface area (Å²) in [6.45, 7) is 5.40. The van der Waals surface area contributed by atoms with E-state index in [0.29, 0.717) is 5.82 Å². The van der Waals surface area contributed by atoms with E-state index in [1.807, 2.05) is 36.4 Å². The summed E-state index contributed by atoms with van der Waals surface area (Å²) in [5.74, 6) is 0.143. The second kappa shape index (κ2) is 10.3. The normalized spacial score (nSPS) is 12.0. The molecule has 1 unspecified atom stereocenters. The molecule has 0 saturated carbocycles. The molecule has 2 aromatic carbocycles. The highest BCUT2D eigenvalue weighted by atomic mass is 16.5. The molecule has 4 aromatic rings. The summed E-state index contributed by atoms with van der Waals surface area (Å²) < 4.78 is 10.6. The molecule has 2 aromatic heterocycles. The number of hydrogen-bond donors (Lipinski definition) is 2. The third kappa shape index (κ3) is 5.29. The van der Waals surface area contributed by atoms with Gasteiger partial charge in [-0.05, 0) is 50.6 Å². The van der Waals surface area contributed by atoms with Gasteiger partial charge < -0.3 is 20.1 Å². The molecular formula is C26H26N4O5. The fourth-order valence-corrected chi connectivity index (χ4v) is 3.67. The quantitative estimate of drug-likeness (QED) is 0.263. The minimum Gasteiger partial charge on any atom is -0.485 e. The first-order valence-electron chi connectivity index (χ1n) is 11.3. The van der Waals surface area contributed by atoms with Crippen molar-refractivity contribution < 1.29 is 14.3 Å². The molecule has 2 heterocycles. The Hall–Kier alpha value is -4.27. The van der Waals surface area contributed by atoms with E-state index >= 15 is 0 Å². The van der Waals surface area contributed by atoms with Gasteiger partial charge in [0.05, 0.1) is 12.7 Å². The number of nitrogens with one attached hydrogen (secondary N) is 2. The summed E-state index contributed by atoms with van der Waals surface area (Å²) in [6.07, 6.45) is 5.18. The van der Waals surface area contributed by atoms with Crippen LogP contribution < -0.4 is 26.2 Å². The molecule has 9 heteroatoms. The Labute approximate surface area is 201 Å². The van der Waals surface area contributed by atoms with Gasteiger partial charge >= 0.3 is 5.97 Å². The van der Waals surface area contributed by atoms with Crippen molar-refractivity contribution in [1.29, 1.82) is 0 Å². The molecule has 0 radical (unpaired) electrons. The van der Waals surface area contributed by atoms with Gasteiger partial charge in [-0.25, -0.2) is 9.78 Å². The van der Waals surface area contributed by atoms with Crippen molar-refractivity contribution in [2.45, 2.75) is 39.3 Å². The van der Waals surface area contributed by atoms with Gasteiger partial charge in [0.2, 0.25) is 0 Å². The van der Waals surface area contributed by atoms with Gasteiger partial charge in [0.1, 0.15) is 17.5 Å². The number of aromatic nitrogens is 2.